The van der Waals surface area contributed by atoms with Gasteiger partial charge in [0.25, 0.3) is 5.91 Å². The highest BCUT2D eigenvalue weighted by Crippen LogP contribution is 2.39. The summed E-state index contributed by atoms with van der Waals surface area (Å²) in [7, 11) is 1.62. The van der Waals surface area contributed by atoms with Crippen LogP contribution in [0.3, 0.4) is 0 Å². The third-order valence-electron chi connectivity index (χ3n) is 5.21. The molecule has 1 amide bonds. The molecule has 1 fully saturated rings. The van der Waals surface area contributed by atoms with Crippen molar-refractivity contribution in [1.82, 2.24) is 4.90 Å². The summed E-state index contributed by atoms with van der Waals surface area (Å²) in [5.41, 5.74) is 2.41. The zero-order valence-corrected chi connectivity index (χ0v) is 24.7. The fraction of sp³-hybridized carbons (Fsp3) is 0.154. The molecule has 0 aromatic heterocycles. The van der Waals surface area contributed by atoms with E-state index in [1.165, 1.54) is 11.8 Å². The van der Waals surface area contributed by atoms with Crippen molar-refractivity contribution >= 4 is 89.7 Å². The smallest absolute Gasteiger partial charge is 0.266 e. The molecule has 1 aliphatic heterocycles. The summed E-state index contributed by atoms with van der Waals surface area (Å²) < 4.78 is 12.7. The zero-order chi connectivity index (χ0) is 25.8. The minimum atomic E-state index is -0.0836. The number of hydrogen-bond acceptors (Lipinski definition) is 5. The minimum Gasteiger partial charge on any atom is -0.497 e. The highest BCUT2D eigenvalue weighted by Gasteiger charge is 2.32. The van der Waals surface area contributed by atoms with E-state index in [0.717, 1.165) is 31.5 Å². The molecule has 0 unspecified atom stereocenters. The van der Waals surface area contributed by atoms with Crippen molar-refractivity contribution in [3.05, 3.63) is 89.6 Å². The van der Waals surface area contributed by atoms with E-state index < -0.39 is 0 Å². The SMILES string of the molecule is CCN1C(=O)/C(=C\c2cc(Br)c(OCc3ccc(Cl)cc3Cl)c(Br)c2)SC1=Nc1ccc(OC)cc1. The largest absolute Gasteiger partial charge is 0.497 e. The second-order valence-electron chi connectivity index (χ2n) is 7.59. The minimum absolute atomic E-state index is 0.0836. The standard InChI is InChI=1S/C26H20Br2Cl2N2O3S/c1-3-32-25(33)23(36-26(32)31-18-6-8-19(34-2)9-7-18)12-15-10-20(27)24(21(28)11-15)35-14-16-4-5-17(29)13-22(16)30/h4-13H,3,14H2,1-2H3/b23-12+,31-26?. The Bertz CT molecular complexity index is 1340. The summed E-state index contributed by atoms with van der Waals surface area (Å²) in [6.07, 6.45) is 1.85. The Balaban J connectivity index is 1.55. The molecule has 1 aliphatic rings. The summed E-state index contributed by atoms with van der Waals surface area (Å²) >= 11 is 20.8. The van der Waals surface area contributed by atoms with Crippen LogP contribution >= 0.6 is 66.8 Å². The molecule has 0 atom stereocenters. The first-order valence-electron chi connectivity index (χ1n) is 10.8. The fourth-order valence-electron chi connectivity index (χ4n) is 3.38. The molecule has 0 aliphatic carbocycles. The Morgan fingerprint density at radius 1 is 1.06 bits per heavy atom. The Labute approximate surface area is 240 Å². The van der Waals surface area contributed by atoms with E-state index in [1.807, 2.05) is 55.5 Å². The van der Waals surface area contributed by atoms with Crippen LogP contribution in [0.1, 0.15) is 18.1 Å². The first-order chi connectivity index (χ1) is 17.3. The van der Waals surface area contributed by atoms with Crippen LogP contribution in [0.15, 0.2) is 73.4 Å². The van der Waals surface area contributed by atoms with Crippen LogP contribution in [0.2, 0.25) is 10.0 Å². The van der Waals surface area contributed by atoms with E-state index in [-0.39, 0.29) is 12.5 Å². The summed E-state index contributed by atoms with van der Waals surface area (Å²) in [6, 6.07) is 16.5. The van der Waals surface area contributed by atoms with Crippen LogP contribution in [-0.4, -0.2) is 29.6 Å². The number of nitrogens with zero attached hydrogens (tertiary/aromatic N) is 2. The van der Waals surface area contributed by atoms with Crippen LogP contribution in [-0.2, 0) is 11.4 Å². The van der Waals surface area contributed by atoms with Crippen LogP contribution in [0.5, 0.6) is 11.5 Å². The average Bonchev–Trinajstić information content (AvgIpc) is 3.13. The molecule has 0 bridgehead atoms. The number of halogens is 4. The van der Waals surface area contributed by atoms with E-state index >= 15 is 0 Å². The number of thioether (sulfide) groups is 1. The van der Waals surface area contributed by atoms with Gasteiger partial charge in [-0.3, -0.25) is 9.69 Å². The van der Waals surface area contributed by atoms with Gasteiger partial charge in [0.1, 0.15) is 18.1 Å². The molecule has 1 heterocycles. The fourth-order valence-corrected chi connectivity index (χ4v) is 6.35. The maximum Gasteiger partial charge on any atom is 0.266 e. The quantitative estimate of drug-likeness (QED) is 0.236. The second-order valence-corrected chi connectivity index (χ2v) is 11.2. The van der Waals surface area contributed by atoms with Gasteiger partial charge in [0.05, 0.1) is 26.6 Å². The molecule has 3 aromatic rings. The Kier molecular flexibility index (Phi) is 9.06. The molecule has 186 valence electrons. The zero-order valence-electron chi connectivity index (χ0n) is 19.2. The van der Waals surface area contributed by atoms with E-state index in [0.29, 0.717) is 32.4 Å². The van der Waals surface area contributed by atoms with Crippen LogP contribution in [0.4, 0.5) is 5.69 Å². The lowest BCUT2D eigenvalue weighted by atomic mass is 10.2. The van der Waals surface area contributed by atoms with Crippen molar-refractivity contribution in [3.63, 3.8) is 0 Å². The van der Waals surface area contributed by atoms with Gasteiger partial charge in [-0.25, -0.2) is 4.99 Å². The third-order valence-corrected chi connectivity index (χ3v) is 7.98. The number of rotatable bonds is 7. The molecule has 0 spiro atoms. The van der Waals surface area contributed by atoms with E-state index in [2.05, 4.69) is 36.9 Å². The predicted molar refractivity (Wildman–Crippen MR) is 156 cm³/mol. The van der Waals surface area contributed by atoms with E-state index in [4.69, 9.17) is 32.7 Å². The summed E-state index contributed by atoms with van der Waals surface area (Å²) in [5.74, 6) is 1.30. The van der Waals surface area contributed by atoms with Crippen molar-refractivity contribution in [2.24, 2.45) is 4.99 Å². The van der Waals surface area contributed by atoms with Crippen LogP contribution in [0, 0.1) is 0 Å². The highest BCUT2D eigenvalue weighted by atomic mass is 79.9. The molecule has 10 heteroatoms. The van der Waals surface area contributed by atoms with Gasteiger partial charge in [-0.2, -0.15) is 0 Å². The predicted octanol–water partition coefficient (Wildman–Crippen LogP) is 8.73. The van der Waals surface area contributed by atoms with Gasteiger partial charge in [0, 0.05) is 22.2 Å². The van der Waals surface area contributed by atoms with Crippen molar-refractivity contribution in [2.75, 3.05) is 13.7 Å². The number of amidine groups is 1. The van der Waals surface area contributed by atoms with Gasteiger partial charge in [0.2, 0.25) is 0 Å². The first-order valence-corrected chi connectivity index (χ1v) is 13.9. The summed E-state index contributed by atoms with van der Waals surface area (Å²) in [5, 5.41) is 1.75. The number of methoxy groups -OCH3 is 1. The number of hydrogen-bond donors (Lipinski definition) is 0. The molecule has 5 nitrogen and oxygen atoms in total. The lowest BCUT2D eigenvalue weighted by molar-refractivity contribution is -0.122. The number of amides is 1. The molecule has 3 aromatic carbocycles. The molecular formula is C26H20Br2Cl2N2O3S. The number of carbonyl (C=O) groups excluding carboxylic acids is 1. The normalized spacial score (nSPS) is 15.7. The van der Waals surface area contributed by atoms with Gasteiger partial charge < -0.3 is 9.47 Å². The highest BCUT2D eigenvalue weighted by molar-refractivity contribution is 9.11. The van der Waals surface area contributed by atoms with E-state index in [1.54, 1.807) is 24.1 Å². The van der Waals surface area contributed by atoms with Crippen molar-refractivity contribution in [3.8, 4) is 11.5 Å². The van der Waals surface area contributed by atoms with Crippen molar-refractivity contribution in [2.45, 2.75) is 13.5 Å². The monoisotopic (exact) mass is 668 g/mol. The Hall–Kier alpha value is -1.97. The van der Waals surface area contributed by atoms with Gasteiger partial charge in [0.15, 0.2) is 5.17 Å². The van der Waals surface area contributed by atoms with Crippen LogP contribution in [0.25, 0.3) is 6.08 Å². The number of carbonyl (C=O) groups is 1. The average molecular weight is 671 g/mol. The van der Waals surface area contributed by atoms with Crippen molar-refractivity contribution in [1.29, 1.82) is 0 Å². The number of ether oxygens (including phenoxy) is 2. The van der Waals surface area contributed by atoms with Crippen LogP contribution < -0.4 is 9.47 Å². The molecule has 0 radical (unpaired) electrons. The van der Waals surface area contributed by atoms with E-state index in [9.17, 15) is 4.79 Å². The van der Waals surface area contributed by atoms with Gasteiger partial charge >= 0.3 is 0 Å². The number of aliphatic imine (C=N–C) groups is 1. The Morgan fingerprint density at radius 2 is 1.75 bits per heavy atom. The Morgan fingerprint density at radius 3 is 2.36 bits per heavy atom. The maximum absolute atomic E-state index is 13.1. The maximum atomic E-state index is 13.1. The summed E-state index contributed by atoms with van der Waals surface area (Å²) in [4.78, 5) is 20.0. The van der Waals surface area contributed by atoms with Gasteiger partial charge in [-0.1, -0.05) is 29.3 Å². The number of likely N-dealkylation sites (N-methyl/N-ethyl adjacent to an activating group) is 1. The lowest BCUT2D eigenvalue weighted by Gasteiger charge is -2.13. The second kappa shape index (κ2) is 12.0. The molecular weight excluding hydrogens is 651 g/mol. The molecule has 1 saturated heterocycles. The topological polar surface area (TPSA) is 51.1 Å². The number of benzene rings is 3. The lowest BCUT2D eigenvalue weighted by Crippen LogP contribution is -2.28. The molecule has 36 heavy (non-hydrogen) atoms. The van der Waals surface area contributed by atoms with Gasteiger partial charge in [-0.05, 0) is 111 Å². The third kappa shape index (κ3) is 6.29. The summed E-state index contributed by atoms with van der Waals surface area (Å²) in [6.45, 7) is 2.72. The van der Waals surface area contributed by atoms with Crippen molar-refractivity contribution < 1.29 is 14.3 Å². The molecule has 0 saturated carbocycles. The molecule has 4 rings (SSSR count). The van der Waals surface area contributed by atoms with Gasteiger partial charge in [-0.15, -0.1) is 0 Å². The molecule has 0 N–H and O–H groups in total. The first kappa shape index (κ1) is 27.1.